The summed E-state index contributed by atoms with van der Waals surface area (Å²) < 4.78 is 40.1. The summed E-state index contributed by atoms with van der Waals surface area (Å²) in [5, 5.41) is 9.36. The van der Waals surface area contributed by atoms with Gasteiger partial charge in [0.15, 0.2) is 6.29 Å². The van der Waals surface area contributed by atoms with Crippen LogP contribution in [0.3, 0.4) is 0 Å². The van der Waals surface area contributed by atoms with Crippen LogP contribution in [0.5, 0.6) is 0 Å². The molecule has 1 aliphatic rings. The van der Waals surface area contributed by atoms with Crippen molar-refractivity contribution in [2.75, 3.05) is 13.2 Å². The van der Waals surface area contributed by atoms with Crippen LogP contribution < -0.4 is 0 Å². The molecule has 0 amide bonds. The topological polar surface area (TPSA) is 66.4 Å². The summed E-state index contributed by atoms with van der Waals surface area (Å²) >= 11 is 5.47. The molecule has 3 aromatic rings. The Bertz CT molecular complexity index is 1120. The number of aliphatic hydroxyl groups is 1. The molecule has 0 aromatic heterocycles. The van der Waals surface area contributed by atoms with Gasteiger partial charge in [-0.25, -0.2) is 0 Å². The van der Waals surface area contributed by atoms with Crippen molar-refractivity contribution in [1.29, 1.82) is 0 Å². The van der Waals surface area contributed by atoms with Crippen molar-refractivity contribution < 1.29 is 30.2 Å². The molecule has 3 aromatic carbocycles. The van der Waals surface area contributed by atoms with E-state index in [1.807, 2.05) is 91.0 Å². The van der Waals surface area contributed by atoms with Gasteiger partial charge in [-0.1, -0.05) is 103 Å². The fourth-order valence-corrected chi connectivity index (χ4v) is 4.70. The van der Waals surface area contributed by atoms with E-state index in [1.54, 1.807) is 0 Å². The van der Waals surface area contributed by atoms with Crippen LogP contribution in [0.4, 0.5) is 0 Å². The molecule has 208 valence electrons. The van der Waals surface area contributed by atoms with Gasteiger partial charge in [-0.15, -0.1) is 0 Å². The molecule has 39 heavy (non-hydrogen) atoms. The summed E-state index contributed by atoms with van der Waals surface area (Å²) in [6.45, 7) is 1.35. The maximum Gasteiger partial charge on any atom is 0.186 e. The highest BCUT2D eigenvalue weighted by Gasteiger charge is 2.49. The van der Waals surface area contributed by atoms with Gasteiger partial charge in [-0.05, 0) is 34.9 Å². The van der Waals surface area contributed by atoms with Crippen LogP contribution in [0, 0.1) is 0 Å². The minimum absolute atomic E-state index is 0.00532. The predicted molar refractivity (Wildman–Crippen MR) is 154 cm³/mol. The third-order valence-electron chi connectivity index (χ3n) is 6.46. The highest BCUT2D eigenvalue weighted by Crippen LogP contribution is 2.32. The molecule has 4 rings (SSSR count). The van der Waals surface area contributed by atoms with Crippen LogP contribution in [-0.2, 0) is 43.5 Å². The molecule has 0 radical (unpaired) electrons. The van der Waals surface area contributed by atoms with Crippen molar-refractivity contribution in [3.63, 3.8) is 0 Å². The van der Waals surface area contributed by atoms with Gasteiger partial charge >= 0.3 is 0 Å². The Morgan fingerprint density at radius 2 is 1.23 bits per heavy atom. The Kier molecular flexibility index (Phi) is 11.5. The molecule has 7 heteroatoms. The maximum atomic E-state index is 9.36. The maximum absolute atomic E-state index is 9.36. The van der Waals surface area contributed by atoms with Crippen molar-refractivity contribution in [2.24, 2.45) is 0 Å². The van der Waals surface area contributed by atoms with Crippen molar-refractivity contribution in [3.8, 4) is 0 Å². The number of rotatable bonds is 15. The van der Waals surface area contributed by atoms with Crippen molar-refractivity contribution in [1.82, 2.24) is 0 Å². The lowest BCUT2D eigenvalue weighted by Gasteiger charge is -2.46. The van der Waals surface area contributed by atoms with Gasteiger partial charge in [0, 0.05) is 14.4 Å². The average Bonchev–Trinajstić information content (AvgIpc) is 3.00. The molecule has 6 nitrogen and oxygen atoms in total. The molecule has 1 N–H and O–H groups in total. The van der Waals surface area contributed by atoms with Crippen LogP contribution in [0.25, 0.3) is 0 Å². The minimum Gasteiger partial charge on any atom is -0.396 e. The third kappa shape index (κ3) is 9.29. The highest BCUT2D eigenvalue weighted by atomic mass is 32.1. The van der Waals surface area contributed by atoms with Gasteiger partial charge in [-0.2, -0.15) is 0 Å². The summed E-state index contributed by atoms with van der Waals surface area (Å²) in [5.41, 5.74) is 3.06. The van der Waals surface area contributed by atoms with Crippen molar-refractivity contribution in [3.05, 3.63) is 108 Å². The van der Waals surface area contributed by atoms with E-state index >= 15 is 0 Å². The normalized spacial score (nSPS) is 23.3. The van der Waals surface area contributed by atoms with Gasteiger partial charge in [0.05, 0.1) is 32.5 Å². The monoisotopic (exact) mass is 551 g/mol. The van der Waals surface area contributed by atoms with E-state index in [0.29, 0.717) is 44.1 Å². The largest absolute Gasteiger partial charge is 0.396 e. The smallest absolute Gasteiger partial charge is 0.186 e. The molecule has 0 bridgehead atoms. The average molecular weight is 552 g/mol. The minimum atomic E-state index is -0.772. The summed E-state index contributed by atoms with van der Waals surface area (Å²) in [7, 11) is 0. The Hall–Kier alpha value is -2.49. The number of ether oxygens (including phenoxy) is 5. The first-order valence-corrected chi connectivity index (χ1v) is 13.7. The summed E-state index contributed by atoms with van der Waals surface area (Å²) in [6.07, 6.45) is -2.17. The molecule has 0 saturated carbocycles. The zero-order chi connectivity index (χ0) is 28.0. The molecular formula is C32H38O6S. The fraction of sp³-hybridized carbons (Fsp3) is 0.406. The third-order valence-corrected chi connectivity index (χ3v) is 6.63. The van der Waals surface area contributed by atoms with E-state index < -0.39 is 30.7 Å². The standard InChI is InChI=1S/C32H38O6S/c1-24(39)20-28-29(35-21-25-12-5-2-6-13-25)30(36-22-26-14-7-3-8-15-26)31(32(38-28)34-19-11-18-33)37-23-27-16-9-4-10-17-27/h2-10,12-17,28-33H,11,18-23H2,1H3/t28-,29-,30+,31-,32?/m1/s1/i1D. The Morgan fingerprint density at radius 1 is 0.744 bits per heavy atom. The predicted octanol–water partition coefficient (Wildman–Crippen LogP) is 5.65. The van der Waals surface area contributed by atoms with Crippen LogP contribution in [0.1, 0.15) is 37.8 Å². The van der Waals surface area contributed by atoms with Crippen LogP contribution in [-0.4, -0.2) is 53.9 Å². The van der Waals surface area contributed by atoms with E-state index in [-0.39, 0.29) is 13.5 Å². The number of thiocarbonyl (C=S) groups is 1. The molecule has 5 atom stereocenters. The lowest BCUT2D eigenvalue weighted by molar-refractivity contribution is -0.322. The van der Waals surface area contributed by atoms with E-state index in [1.165, 1.54) is 0 Å². The van der Waals surface area contributed by atoms with Gasteiger partial charge in [0.1, 0.15) is 18.3 Å². The van der Waals surface area contributed by atoms with Gasteiger partial charge in [-0.3, -0.25) is 0 Å². The lowest BCUT2D eigenvalue weighted by atomic mass is 9.95. The van der Waals surface area contributed by atoms with E-state index in [9.17, 15) is 5.11 Å². The Labute approximate surface area is 238 Å². The van der Waals surface area contributed by atoms with Crippen LogP contribution in [0.2, 0.25) is 0 Å². The van der Waals surface area contributed by atoms with E-state index in [4.69, 9.17) is 37.3 Å². The quantitative estimate of drug-likeness (QED) is 0.194. The second-order valence-electron chi connectivity index (χ2n) is 9.52. The molecule has 1 fully saturated rings. The lowest BCUT2D eigenvalue weighted by Crippen LogP contribution is -2.61. The fourth-order valence-electron chi connectivity index (χ4n) is 4.53. The summed E-state index contributed by atoms with van der Waals surface area (Å²) in [4.78, 5) is 0.567. The van der Waals surface area contributed by atoms with Crippen LogP contribution in [0.15, 0.2) is 91.0 Å². The molecule has 1 unspecified atom stereocenters. The van der Waals surface area contributed by atoms with Gasteiger partial charge in [0.25, 0.3) is 0 Å². The Balaban J connectivity index is 1.64. The van der Waals surface area contributed by atoms with Gasteiger partial charge in [0.2, 0.25) is 0 Å². The highest BCUT2D eigenvalue weighted by molar-refractivity contribution is 7.80. The Morgan fingerprint density at radius 3 is 1.72 bits per heavy atom. The molecule has 0 aliphatic carbocycles. The van der Waals surface area contributed by atoms with Crippen molar-refractivity contribution in [2.45, 2.75) is 70.3 Å². The molecule has 1 aliphatic heterocycles. The zero-order valence-corrected chi connectivity index (χ0v) is 22.9. The van der Waals surface area contributed by atoms with Crippen LogP contribution >= 0.6 is 12.2 Å². The number of aliphatic hydroxyl groups excluding tert-OH is 1. The second kappa shape index (κ2) is 15.9. The van der Waals surface area contributed by atoms with Gasteiger partial charge < -0.3 is 28.8 Å². The SMILES string of the molecule is [2H]CC(=S)C[C@H]1OC(OCCCO)[C@H](OCc2ccccc2)[C@@H](OCc2ccccc2)[C@@H]1OCc1ccccc1. The van der Waals surface area contributed by atoms with E-state index in [2.05, 4.69) is 0 Å². The first-order valence-electron chi connectivity index (χ1n) is 14.0. The molecular weight excluding hydrogens is 512 g/mol. The number of benzene rings is 3. The zero-order valence-electron chi connectivity index (χ0n) is 23.1. The number of hydrogen-bond donors (Lipinski definition) is 1. The number of hydrogen-bond acceptors (Lipinski definition) is 7. The molecule has 1 saturated heterocycles. The van der Waals surface area contributed by atoms with Crippen molar-refractivity contribution >= 4 is 17.1 Å². The summed E-state index contributed by atoms with van der Waals surface area (Å²) in [5.74, 6) is 0. The first kappa shape index (κ1) is 28.1. The summed E-state index contributed by atoms with van der Waals surface area (Å²) in [6, 6.07) is 29.8. The van der Waals surface area contributed by atoms with E-state index in [0.717, 1.165) is 16.7 Å². The molecule has 1 heterocycles. The molecule has 0 spiro atoms. The first-order chi connectivity index (χ1) is 19.7. The second-order valence-corrected chi connectivity index (χ2v) is 10.1.